The number of anilines is 1. The predicted octanol–water partition coefficient (Wildman–Crippen LogP) is 2.59. The highest BCUT2D eigenvalue weighted by atomic mass is 16.5. The van der Waals surface area contributed by atoms with Gasteiger partial charge in [-0.1, -0.05) is 12.1 Å². The molecule has 23 heavy (non-hydrogen) atoms. The van der Waals surface area contributed by atoms with E-state index < -0.39 is 0 Å². The smallest absolute Gasteiger partial charge is 0.322 e. The van der Waals surface area contributed by atoms with Gasteiger partial charge in [0.2, 0.25) is 5.91 Å². The van der Waals surface area contributed by atoms with Crippen LogP contribution in [-0.4, -0.2) is 35.5 Å². The molecule has 0 spiro atoms. The van der Waals surface area contributed by atoms with E-state index >= 15 is 0 Å². The maximum absolute atomic E-state index is 12.6. The Labute approximate surface area is 137 Å². The Balaban J connectivity index is 2.10. The van der Waals surface area contributed by atoms with Crippen molar-refractivity contribution in [2.75, 3.05) is 11.9 Å². The second-order valence-corrected chi connectivity index (χ2v) is 6.27. The molecule has 1 saturated heterocycles. The number of carbonyl (C=O) groups excluding carboxylic acids is 2. The molecule has 2 atom stereocenters. The molecular weight excluding hydrogens is 294 g/mol. The van der Waals surface area contributed by atoms with E-state index in [4.69, 9.17) is 10.5 Å². The number of hydrogen-bond donors (Lipinski definition) is 2. The molecule has 6 heteroatoms. The first-order valence-corrected chi connectivity index (χ1v) is 8.01. The number of primary amides is 1. The minimum atomic E-state index is -0.349. The Hall–Kier alpha value is -2.24. The molecule has 3 amide bonds. The number of rotatable bonds is 4. The Kier molecular flexibility index (Phi) is 5.47. The number of nitrogens with two attached hydrogens (primary N) is 1. The maximum Gasteiger partial charge on any atom is 0.322 e. The van der Waals surface area contributed by atoms with Crippen LogP contribution in [-0.2, 0) is 4.79 Å². The van der Waals surface area contributed by atoms with Gasteiger partial charge in [0.05, 0.1) is 17.7 Å². The number of carbonyl (C=O) groups is 2. The number of piperidine rings is 1. The molecule has 0 saturated carbocycles. The Morgan fingerprint density at radius 3 is 2.65 bits per heavy atom. The van der Waals surface area contributed by atoms with Crippen LogP contribution in [0.15, 0.2) is 24.3 Å². The topological polar surface area (TPSA) is 84.7 Å². The molecule has 2 rings (SSSR count). The summed E-state index contributed by atoms with van der Waals surface area (Å²) < 4.78 is 5.71. The Morgan fingerprint density at radius 2 is 2.00 bits per heavy atom. The standard InChI is InChI=1S/C17H25N3O3/c1-11(2)23-15-7-5-4-6-14(15)19-17(22)20-10-13(16(18)21)9-8-12(20)3/h4-7,11-13H,8-10H2,1-3H3,(H2,18,21)(H,19,22)/t12-,13+/m0/s1. The summed E-state index contributed by atoms with van der Waals surface area (Å²) in [6, 6.07) is 7.17. The van der Waals surface area contributed by atoms with Gasteiger partial charge in [-0.2, -0.15) is 0 Å². The maximum atomic E-state index is 12.6. The van der Waals surface area contributed by atoms with Crippen LogP contribution in [0.4, 0.5) is 10.5 Å². The molecule has 1 aliphatic heterocycles. The molecule has 0 aromatic heterocycles. The summed E-state index contributed by atoms with van der Waals surface area (Å²) in [5.74, 6) is 0.00399. The normalized spacial score (nSPS) is 21.1. The molecule has 0 aliphatic carbocycles. The summed E-state index contributed by atoms with van der Waals surface area (Å²) in [7, 11) is 0. The average molecular weight is 319 g/mol. The Morgan fingerprint density at radius 1 is 1.30 bits per heavy atom. The van der Waals surface area contributed by atoms with Crippen molar-refractivity contribution >= 4 is 17.6 Å². The number of nitrogens with zero attached hydrogens (tertiary/aromatic N) is 1. The first-order valence-electron chi connectivity index (χ1n) is 8.01. The third-order valence-corrected chi connectivity index (χ3v) is 4.04. The first kappa shape index (κ1) is 17.1. The summed E-state index contributed by atoms with van der Waals surface area (Å²) in [6.45, 7) is 6.20. The molecule has 1 heterocycles. The number of hydrogen-bond acceptors (Lipinski definition) is 3. The molecule has 0 bridgehead atoms. The summed E-state index contributed by atoms with van der Waals surface area (Å²) in [5.41, 5.74) is 6.01. The van der Waals surface area contributed by atoms with Crippen LogP contribution >= 0.6 is 0 Å². The van der Waals surface area contributed by atoms with Gasteiger partial charge in [-0.3, -0.25) is 4.79 Å². The highest BCUT2D eigenvalue weighted by Gasteiger charge is 2.31. The van der Waals surface area contributed by atoms with Crippen molar-refractivity contribution in [2.45, 2.75) is 45.8 Å². The van der Waals surface area contributed by atoms with Crippen LogP contribution in [0.5, 0.6) is 5.75 Å². The molecule has 6 nitrogen and oxygen atoms in total. The molecular formula is C17H25N3O3. The monoisotopic (exact) mass is 319 g/mol. The van der Waals surface area contributed by atoms with Gasteiger partial charge in [-0.05, 0) is 45.7 Å². The Bertz CT molecular complexity index is 574. The van der Waals surface area contributed by atoms with Crippen LogP contribution < -0.4 is 15.8 Å². The number of amides is 3. The van der Waals surface area contributed by atoms with Crippen LogP contribution in [0.3, 0.4) is 0 Å². The fraction of sp³-hybridized carbons (Fsp3) is 0.529. The minimum absolute atomic E-state index is 0.0150. The lowest BCUT2D eigenvalue weighted by Crippen LogP contribution is -2.50. The number of urea groups is 1. The fourth-order valence-electron chi connectivity index (χ4n) is 2.74. The number of para-hydroxylation sites is 2. The molecule has 1 fully saturated rings. The lowest BCUT2D eigenvalue weighted by atomic mass is 9.93. The van der Waals surface area contributed by atoms with Gasteiger partial charge in [0.1, 0.15) is 5.75 Å². The van der Waals surface area contributed by atoms with Crippen molar-refractivity contribution < 1.29 is 14.3 Å². The van der Waals surface area contributed by atoms with E-state index in [0.29, 0.717) is 18.0 Å². The average Bonchev–Trinajstić information content (AvgIpc) is 2.48. The van der Waals surface area contributed by atoms with Crippen LogP contribution in [0.2, 0.25) is 0 Å². The van der Waals surface area contributed by atoms with Crippen molar-refractivity contribution in [3.8, 4) is 5.75 Å². The number of likely N-dealkylation sites (tertiary alicyclic amines) is 1. The second kappa shape index (κ2) is 7.35. The van der Waals surface area contributed by atoms with Gasteiger partial charge in [0.25, 0.3) is 0 Å². The largest absolute Gasteiger partial charge is 0.489 e. The highest BCUT2D eigenvalue weighted by molar-refractivity contribution is 5.91. The SMILES string of the molecule is CC(C)Oc1ccccc1NC(=O)N1C[C@H](C(N)=O)CC[C@@H]1C. The van der Waals surface area contributed by atoms with E-state index in [2.05, 4.69) is 5.32 Å². The molecule has 3 N–H and O–H groups in total. The third kappa shape index (κ3) is 4.37. The van der Waals surface area contributed by atoms with Crippen LogP contribution in [0, 0.1) is 5.92 Å². The van der Waals surface area contributed by atoms with E-state index in [0.717, 1.165) is 12.8 Å². The minimum Gasteiger partial charge on any atom is -0.489 e. The zero-order chi connectivity index (χ0) is 17.0. The molecule has 0 radical (unpaired) electrons. The van der Waals surface area contributed by atoms with Gasteiger partial charge in [-0.25, -0.2) is 4.79 Å². The van der Waals surface area contributed by atoms with E-state index in [-0.39, 0.29) is 30.0 Å². The molecule has 1 aromatic carbocycles. The van der Waals surface area contributed by atoms with Crippen molar-refractivity contribution in [2.24, 2.45) is 11.7 Å². The van der Waals surface area contributed by atoms with Gasteiger partial charge in [0.15, 0.2) is 0 Å². The highest BCUT2D eigenvalue weighted by Crippen LogP contribution is 2.27. The lowest BCUT2D eigenvalue weighted by molar-refractivity contribution is -0.123. The van der Waals surface area contributed by atoms with E-state index in [9.17, 15) is 9.59 Å². The zero-order valence-electron chi connectivity index (χ0n) is 13.9. The number of ether oxygens (including phenoxy) is 1. The third-order valence-electron chi connectivity index (χ3n) is 4.04. The van der Waals surface area contributed by atoms with Gasteiger partial charge < -0.3 is 20.7 Å². The molecule has 1 aliphatic rings. The van der Waals surface area contributed by atoms with Crippen molar-refractivity contribution in [1.82, 2.24) is 4.90 Å². The van der Waals surface area contributed by atoms with Crippen molar-refractivity contribution in [3.05, 3.63) is 24.3 Å². The summed E-state index contributed by atoms with van der Waals surface area (Å²) in [5, 5.41) is 2.89. The zero-order valence-corrected chi connectivity index (χ0v) is 13.9. The summed E-state index contributed by atoms with van der Waals surface area (Å²) in [6.07, 6.45) is 1.51. The van der Waals surface area contributed by atoms with E-state index in [1.165, 1.54) is 0 Å². The van der Waals surface area contributed by atoms with Gasteiger partial charge in [-0.15, -0.1) is 0 Å². The van der Waals surface area contributed by atoms with Crippen molar-refractivity contribution in [3.63, 3.8) is 0 Å². The summed E-state index contributed by atoms with van der Waals surface area (Å²) >= 11 is 0. The van der Waals surface area contributed by atoms with E-state index in [1.807, 2.05) is 39.0 Å². The number of nitrogens with one attached hydrogen (secondary N) is 1. The fourth-order valence-corrected chi connectivity index (χ4v) is 2.74. The predicted molar refractivity (Wildman–Crippen MR) is 89.3 cm³/mol. The summed E-state index contributed by atoms with van der Waals surface area (Å²) in [4.78, 5) is 25.7. The number of benzene rings is 1. The molecule has 0 unspecified atom stereocenters. The van der Waals surface area contributed by atoms with Crippen LogP contribution in [0.25, 0.3) is 0 Å². The van der Waals surface area contributed by atoms with E-state index in [1.54, 1.807) is 11.0 Å². The molecule has 1 aromatic rings. The van der Waals surface area contributed by atoms with Gasteiger partial charge in [0, 0.05) is 12.6 Å². The second-order valence-electron chi connectivity index (χ2n) is 6.27. The first-order chi connectivity index (χ1) is 10.9. The molecule has 126 valence electrons. The van der Waals surface area contributed by atoms with Crippen LogP contribution in [0.1, 0.15) is 33.6 Å². The van der Waals surface area contributed by atoms with Crippen molar-refractivity contribution in [1.29, 1.82) is 0 Å². The lowest BCUT2D eigenvalue weighted by Gasteiger charge is -2.36. The quantitative estimate of drug-likeness (QED) is 0.894. The van der Waals surface area contributed by atoms with Gasteiger partial charge >= 0.3 is 6.03 Å².